The van der Waals surface area contributed by atoms with Gasteiger partial charge in [0.15, 0.2) is 11.6 Å². The summed E-state index contributed by atoms with van der Waals surface area (Å²) in [5.74, 6) is 1.12. The van der Waals surface area contributed by atoms with Crippen LogP contribution in [0.3, 0.4) is 0 Å². The minimum absolute atomic E-state index is 0.249. The lowest BCUT2D eigenvalue weighted by atomic mass is 9.76. The Morgan fingerprint density at radius 2 is 1.61 bits per heavy atom. The van der Waals surface area contributed by atoms with Crippen LogP contribution in [0, 0.1) is 29.4 Å². The monoisotopic (exact) mass is 428 g/mol. The Kier molecular flexibility index (Phi) is 7.98. The van der Waals surface area contributed by atoms with Gasteiger partial charge in [0.1, 0.15) is 6.10 Å². The number of hydrogen-bond acceptors (Lipinski definition) is 1. The molecule has 0 spiro atoms. The van der Waals surface area contributed by atoms with Crippen molar-refractivity contribution in [2.24, 2.45) is 17.8 Å². The molecule has 3 heteroatoms. The molecule has 1 saturated heterocycles. The van der Waals surface area contributed by atoms with Crippen molar-refractivity contribution in [3.05, 3.63) is 53.1 Å². The zero-order valence-electron chi connectivity index (χ0n) is 19.1. The molecule has 2 fully saturated rings. The predicted octanol–water partition coefficient (Wildman–Crippen LogP) is 8.55. The Hall–Kier alpha value is -1.48. The van der Waals surface area contributed by atoms with Gasteiger partial charge in [-0.25, -0.2) is 8.78 Å². The second kappa shape index (κ2) is 10.9. The first-order chi connectivity index (χ1) is 15.2. The molecule has 2 aliphatic carbocycles. The van der Waals surface area contributed by atoms with Gasteiger partial charge in [0, 0.05) is 11.1 Å². The van der Waals surface area contributed by atoms with E-state index in [0.717, 1.165) is 43.1 Å². The molecule has 0 amide bonds. The highest BCUT2D eigenvalue weighted by Crippen LogP contribution is 2.39. The van der Waals surface area contributed by atoms with Crippen molar-refractivity contribution in [3.8, 4) is 0 Å². The summed E-state index contributed by atoms with van der Waals surface area (Å²) in [4.78, 5) is 0. The van der Waals surface area contributed by atoms with Crippen molar-refractivity contribution in [1.29, 1.82) is 0 Å². The molecule has 0 aromatic heterocycles. The van der Waals surface area contributed by atoms with Crippen molar-refractivity contribution < 1.29 is 13.5 Å². The molecular formula is C28H38F2O. The maximum absolute atomic E-state index is 14.6. The normalized spacial score (nSPS) is 28.7. The lowest BCUT2D eigenvalue weighted by molar-refractivity contribution is 0.239. The van der Waals surface area contributed by atoms with Crippen LogP contribution in [0.25, 0.3) is 5.57 Å². The first kappa shape index (κ1) is 22.7. The van der Waals surface area contributed by atoms with Crippen molar-refractivity contribution in [3.63, 3.8) is 0 Å². The third-order valence-electron chi connectivity index (χ3n) is 7.75. The maximum Gasteiger partial charge on any atom is 0.166 e. The van der Waals surface area contributed by atoms with E-state index in [0.29, 0.717) is 23.7 Å². The first-order valence-electron chi connectivity index (χ1n) is 12.6. The van der Waals surface area contributed by atoms with Crippen LogP contribution in [0.5, 0.6) is 0 Å². The molecule has 0 bridgehead atoms. The summed E-state index contributed by atoms with van der Waals surface area (Å²) in [6, 6.07) is 3.45. The molecule has 1 saturated carbocycles. The molecular weight excluding hydrogens is 390 g/mol. The van der Waals surface area contributed by atoms with Gasteiger partial charge in [-0.2, -0.15) is 0 Å². The van der Waals surface area contributed by atoms with Crippen LogP contribution in [0.1, 0.15) is 101 Å². The van der Waals surface area contributed by atoms with Crippen LogP contribution < -0.4 is 0 Å². The first-order valence-corrected chi connectivity index (χ1v) is 12.6. The third-order valence-corrected chi connectivity index (χ3v) is 7.75. The van der Waals surface area contributed by atoms with Gasteiger partial charge in [-0.15, -0.1) is 0 Å². The van der Waals surface area contributed by atoms with Crippen molar-refractivity contribution in [2.75, 3.05) is 6.61 Å². The van der Waals surface area contributed by atoms with Crippen LogP contribution in [-0.4, -0.2) is 6.61 Å². The molecule has 1 aliphatic heterocycles. The Morgan fingerprint density at radius 3 is 2.26 bits per heavy atom. The van der Waals surface area contributed by atoms with Gasteiger partial charge < -0.3 is 4.74 Å². The van der Waals surface area contributed by atoms with E-state index in [-0.39, 0.29) is 6.10 Å². The average molecular weight is 429 g/mol. The largest absolute Gasteiger partial charge is 0.368 e. The summed E-state index contributed by atoms with van der Waals surface area (Å²) < 4.78 is 34.1. The molecule has 3 aliphatic rings. The summed E-state index contributed by atoms with van der Waals surface area (Å²) >= 11 is 0. The fourth-order valence-corrected chi connectivity index (χ4v) is 5.58. The van der Waals surface area contributed by atoms with E-state index in [1.807, 2.05) is 0 Å². The zero-order chi connectivity index (χ0) is 21.6. The quantitative estimate of drug-likeness (QED) is 0.283. The second-order valence-electron chi connectivity index (χ2n) is 9.94. The van der Waals surface area contributed by atoms with Crippen LogP contribution in [-0.2, 0) is 4.74 Å². The highest BCUT2D eigenvalue weighted by atomic mass is 19.2. The molecule has 1 nitrogen and oxygen atoms in total. The van der Waals surface area contributed by atoms with Crippen LogP contribution in [0.4, 0.5) is 8.78 Å². The van der Waals surface area contributed by atoms with E-state index in [1.54, 1.807) is 12.1 Å². The Morgan fingerprint density at radius 1 is 0.903 bits per heavy atom. The third kappa shape index (κ3) is 6.06. The molecule has 1 heterocycles. The molecule has 2 atom stereocenters. The zero-order valence-corrected chi connectivity index (χ0v) is 19.1. The highest BCUT2D eigenvalue weighted by molar-refractivity contribution is 5.67. The smallest absolute Gasteiger partial charge is 0.166 e. The molecule has 170 valence electrons. The number of benzene rings is 1. The number of epoxide rings is 1. The van der Waals surface area contributed by atoms with Gasteiger partial charge in [-0.1, -0.05) is 69.4 Å². The van der Waals surface area contributed by atoms with Gasteiger partial charge in [0.25, 0.3) is 0 Å². The van der Waals surface area contributed by atoms with Gasteiger partial charge in [-0.05, 0) is 68.3 Å². The van der Waals surface area contributed by atoms with Crippen LogP contribution >= 0.6 is 0 Å². The van der Waals surface area contributed by atoms with Crippen LogP contribution in [0.2, 0.25) is 0 Å². The van der Waals surface area contributed by atoms with Crippen molar-refractivity contribution >= 4 is 5.57 Å². The maximum atomic E-state index is 14.6. The molecule has 4 rings (SSSR count). The standard InChI is InChI=1S/C28H38F2O/c1-2-3-4-5-6-20-7-9-21(10-8-20)11-12-22-13-15-23(16-14-22)24-17-18-25(26-19-31-26)28(30)27(24)29/h3-4,15,17-18,20-22,26H,2,5-14,16,19H2,1H3/b4-3+. The number of ether oxygens (including phenoxy) is 1. The molecule has 2 unspecified atom stereocenters. The summed E-state index contributed by atoms with van der Waals surface area (Å²) in [7, 11) is 0. The molecule has 1 aromatic carbocycles. The van der Waals surface area contributed by atoms with E-state index >= 15 is 0 Å². The number of allylic oxidation sites excluding steroid dienone is 4. The van der Waals surface area contributed by atoms with E-state index in [2.05, 4.69) is 25.2 Å². The van der Waals surface area contributed by atoms with E-state index in [9.17, 15) is 8.78 Å². The fourth-order valence-electron chi connectivity index (χ4n) is 5.58. The predicted molar refractivity (Wildman–Crippen MR) is 124 cm³/mol. The van der Waals surface area contributed by atoms with Gasteiger partial charge >= 0.3 is 0 Å². The Bertz CT molecular complexity index is 784. The second-order valence-corrected chi connectivity index (χ2v) is 9.94. The number of rotatable bonds is 9. The Labute approximate surface area is 187 Å². The van der Waals surface area contributed by atoms with Gasteiger partial charge in [0.2, 0.25) is 0 Å². The topological polar surface area (TPSA) is 12.5 Å². The summed E-state index contributed by atoms with van der Waals surface area (Å²) in [5.41, 5.74) is 1.80. The fraction of sp³-hybridized carbons (Fsp3) is 0.643. The number of hydrogen-bond donors (Lipinski definition) is 0. The molecule has 1 aromatic rings. The summed E-state index contributed by atoms with van der Waals surface area (Å²) in [6.07, 6.45) is 21.5. The Balaban J connectivity index is 1.20. The highest BCUT2D eigenvalue weighted by Gasteiger charge is 2.31. The molecule has 0 N–H and O–H groups in total. The minimum atomic E-state index is -0.722. The summed E-state index contributed by atoms with van der Waals surface area (Å²) in [6.45, 7) is 2.70. The van der Waals surface area contributed by atoms with Gasteiger partial charge in [0.05, 0.1) is 6.61 Å². The number of halogens is 2. The van der Waals surface area contributed by atoms with E-state index < -0.39 is 11.6 Å². The van der Waals surface area contributed by atoms with E-state index in [4.69, 9.17) is 4.74 Å². The molecule has 31 heavy (non-hydrogen) atoms. The lowest BCUT2D eigenvalue weighted by Gasteiger charge is -2.30. The lowest BCUT2D eigenvalue weighted by Crippen LogP contribution is -2.16. The molecule has 0 radical (unpaired) electrons. The van der Waals surface area contributed by atoms with Crippen LogP contribution in [0.15, 0.2) is 30.4 Å². The van der Waals surface area contributed by atoms with E-state index in [1.165, 1.54) is 51.4 Å². The minimum Gasteiger partial charge on any atom is -0.368 e. The van der Waals surface area contributed by atoms with Crippen molar-refractivity contribution in [1.82, 2.24) is 0 Å². The summed E-state index contributed by atoms with van der Waals surface area (Å²) in [5, 5.41) is 0. The van der Waals surface area contributed by atoms with Gasteiger partial charge in [-0.3, -0.25) is 0 Å². The van der Waals surface area contributed by atoms with Crippen molar-refractivity contribution in [2.45, 2.75) is 90.1 Å². The average Bonchev–Trinajstić information content (AvgIpc) is 3.64. The SMILES string of the molecule is CC/C=C/CCC1CCC(CCC2CC=C(c3ccc(C4CO4)c(F)c3F)CC2)CC1.